The summed E-state index contributed by atoms with van der Waals surface area (Å²) >= 11 is 0. The highest BCUT2D eigenvalue weighted by atomic mass is 16.7. The first-order valence-electron chi connectivity index (χ1n) is 8.39. The monoisotopic (exact) mass is 336 g/mol. The normalized spacial score (nSPS) is 22.1. The van der Waals surface area contributed by atoms with Crippen LogP contribution in [-0.4, -0.2) is 49.9 Å². The molecule has 2 aliphatic heterocycles. The fourth-order valence-electron chi connectivity index (χ4n) is 3.01. The molecule has 0 aliphatic carbocycles. The number of amides is 2. The number of carbonyl (C=O) groups excluding carboxylic acids is 1. The summed E-state index contributed by atoms with van der Waals surface area (Å²) in [6.07, 6.45) is 1.74. The first-order valence-corrected chi connectivity index (χ1v) is 8.39. The van der Waals surface area contributed by atoms with Crippen LogP contribution in [0.15, 0.2) is 24.3 Å². The number of rotatable bonds is 5. The molecule has 7 heteroatoms. The number of hydrogen-bond acceptors (Lipinski definition) is 5. The Balaban J connectivity index is 1.57. The van der Waals surface area contributed by atoms with Gasteiger partial charge in [0.1, 0.15) is 5.75 Å². The first-order chi connectivity index (χ1) is 11.8. The van der Waals surface area contributed by atoms with Gasteiger partial charge >= 0.3 is 6.03 Å². The molecule has 1 aromatic rings. The molecule has 7 nitrogen and oxygen atoms in total. The molecular weight excluding hydrogens is 312 g/mol. The van der Waals surface area contributed by atoms with Crippen LogP contribution in [-0.2, 0) is 9.47 Å². The molecule has 0 radical (unpaired) electrons. The maximum absolute atomic E-state index is 12.3. The van der Waals surface area contributed by atoms with Crippen LogP contribution in [0.3, 0.4) is 0 Å². The minimum absolute atomic E-state index is 0.109. The third-order valence-corrected chi connectivity index (χ3v) is 4.22. The summed E-state index contributed by atoms with van der Waals surface area (Å²) in [6, 6.07) is 6.91. The number of nitrogens with one attached hydrogen (secondary N) is 2. The van der Waals surface area contributed by atoms with E-state index < -0.39 is 6.04 Å². The topological polar surface area (TPSA) is 89.1 Å². The van der Waals surface area contributed by atoms with E-state index in [2.05, 4.69) is 10.6 Å². The average Bonchev–Trinajstić information content (AvgIpc) is 3.02. The molecule has 2 heterocycles. The smallest absolute Gasteiger partial charge is 0.315 e. The number of carbonyl (C=O) groups is 1. The van der Waals surface area contributed by atoms with Crippen molar-refractivity contribution in [1.82, 2.24) is 10.6 Å². The predicted molar refractivity (Wildman–Crippen MR) is 86.8 cm³/mol. The van der Waals surface area contributed by atoms with Crippen LogP contribution in [0.2, 0.25) is 0 Å². The molecule has 1 saturated heterocycles. The number of aliphatic hydroxyl groups is 1. The maximum Gasteiger partial charge on any atom is 0.315 e. The van der Waals surface area contributed by atoms with Crippen molar-refractivity contribution in [1.29, 1.82) is 0 Å². The quantitative estimate of drug-likeness (QED) is 0.755. The molecule has 2 aliphatic rings. The van der Waals surface area contributed by atoms with Crippen LogP contribution in [0.4, 0.5) is 4.79 Å². The second-order valence-electron chi connectivity index (χ2n) is 5.99. The van der Waals surface area contributed by atoms with E-state index in [1.54, 1.807) is 0 Å². The lowest BCUT2D eigenvalue weighted by atomic mass is 10.0. The third kappa shape index (κ3) is 4.37. The average molecular weight is 336 g/mol. The number of hydrogen-bond donors (Lipinski definition) is 3. The molecule has 1 aromatic carbocycles. The summed E-state index contributed by atoms with van der Waals surface area (Å²) in [4.78, 5) is 12.3. The van der Waals surface area contributed by atoms with Crippen LogP contribution >= 0.6 is 0 Å². The van der Waals surface area contributed by atoms with E-state index in [-0.39, 0.29) is 25.0 Å². The Kier molecular flexibility index (Phi) is 5.90. The maximum atomic E-state index is 12.3. The Morgan fingerprint density at radius 1 is 1.25 bits per heavy atom. The van der Waals surface area contributed by atoms with Crippen molar-refractivity contribution in [2.75, 3.05) is 26.4 Å². The fourth-order valence-corrected chi connectivity index (χ4v) is 3.01. The number of aliphatic hydroxyl groups excluding tert-OH is 1. The van der Waals surface area contributed by atoms with Gasteiger partial charge in [0.15, 0.2) is 6.29 Å². The van der Waals surface area contributed by atoms with Crippen molar-refractivity contribution in [3.8, 4) is 5.75 Å². The molecule has 3 N–H and O–H groups in total. The summed E-state index contributed by atoms with van der Waals surface area (Å²) in [5.41, 5.74) is 0.980. The second-order valence-corrected chi connectivity index (χ2v) is 5.99. The lowest BCUT2D eigenvalue weighted by molar-refractivity contribution is -0.0549. The largest absolute Gasteiger partial charge is 0.493 e. The molecule has 3 rings (SSSR count). The number of para-hydroxylation sites is 1. The highest BCUT2D eigenvalue weighted by Crippen LogP contribution is 2.31. The van der Waals surface area contributed by atoms with Gasteiger partial charge in [-0.05, 0) is 18.9 Å². The Hall–Kier alpha value is -1.83. The second kappa shape index (κ2) is 8.32. The summed E-state index contributed by atoms with van der Waals surface area (Å²) in [5.74, 6) is 0.812. The van der Waals surface area contributed by atoms with Crippen LogP contribution in [0.5, 0.6) is 5.75 Å². The van der Waals surface area contributed by atoms with Gasteiger partial charge in [-0.1, -0.05) is 18.2 Å². The SMILES string of the molecule is O=C(NC(CO)CC1OCCO1)NC1CCCOc2ccccc21. The predicted octanol–water partition coefficient (Wildman–Crippen LogP) is 1.32. The third-order valence-electron chi connectivity index (χ3n) is 4.22. The molecule has 2 unspecified atom stereocenters. The number of urea groups is 1. The van der Waals surface area contributed by atoms with Gasteiger partial charge in [-0.3, -0.25) is 0 Å². The van der Waals surface area contributed by atoms with Crippen molar-refractivity contribution in [3.63, 3.8) is 0 Å². The van der Waals surface area contributed by atoms with Crippen molar-refractivity contribution >= 4 is 6.03 Å². The zero-order chi connectivity index (χ0) is 16.8. The minimum Gasteiger partial charge on any atom is -0.493 e. The Bertz CT molecular complexity index is 548. The van der Waals surface area contributed by atoms with Crippen molar-refractivity contribution in [3.05, 3.63) is 29.8 Å². The molecule has 2 atom stereocenters. The van der Waals surface area contributed by atoms with Gasteiger partial charge in [-0.15, -0.1) is 0 Å². The van der Waals surface area contributed by atoms with Crippen molar-refractivity contribution in [2.45, 2.75) is 37.6 Å². The molecule has 1 fully saturated rings. The standard InChI is InChI=1S/C17H24N2O5/c20-11-12(10-16-23-8-9-24-16)18-17(21)19-14-5-3-7-22-15-6-2-1-4-13(14)15/h1-2,4,6,12,14,16,20H,3,5,7-11H2,(H2,18,19,21). The van der Waals surface area contributed by atoms with E-state index in [9.17, 15) is 9.90 Å². The van der Waals surface area contributed by atoms with E-state index in [0.717, 1.165) is 24.2 Å². The van der Waals surface area contributed by atoms with Crippen molar-refractivity contribution < 1.29 is 24.1 Å². The van der Waals surface area contributed by atoms with Crippen molar-refractivity contribution in [2.24, 2.45) is 0 Å². The number of ether oxygens (including phenoxy) is 3. The number of fused-ring (bicyclic) bond motifs is 1. The van der Waals surface area contributed by atoms with Gasteiger partial charge in [-0.2, -0.15) is 0 Å². The zero-order valence-electron chi connectivity index (χ0n) is 13.6. The molecule has 0 saturated carbocycles. The summed E-state index contributed by atoms with van der Waals surface area (Å²) in [5, 5.41) is 15.2. The molecular formula is C17H24N2O5. The lowest BCUT2D eigenvalue weighted by Gasteiger charge is -2.23. The van der Waals surface area contributed by atoms with Gasteiger partial charge in [-0.25, -0.2) is 4.79 Å². The van der Waals surface area contributed by atoms with Gasteiger partial charge in [0.05, 0.1) is 38.5 Å². The highest BCUT2D eigenvalue weighted by Gasteiger charge is 2.25. The molecule has 0 aromatic heterocycles. The Labute approximate surface area is 141 Å². The summed E-state index contributed by atoms with van der Waals surface area (Å²) in [7, 11) is 0. The minimum atomic E-state index is -0.412. The first kappa shape index (κ1) is 17.0. The van der Waals surface area contributed by atoms with Gasteiger partial charge in [0.25, 0.3) is 0 Å². The van der Waals surface area contributed by atoms with E-state index in [1.807, 2.05) is 24.3 Å². The van der Waals surface area contributed by atoms with Crippen LogP contribution in [0.25, 0.3) is 0 Å². The van der Waals surface area contributed by atoms with E-state index >= 15 is 0 Å². The van der Waals surface area contributed by atoms with Gasteiger partial charge in [0.2, 0.25) is 0 Å². The van der Waals surface area contributed by atoms with E-state index in [0.29, 0.717) is 26.2 Å². The summed E-state index contributed by atoms with van der Waals surface area (Å²) < 4.78 is 16.4. The lowest BCUT2D eigenvalue weighted by Crippen LogP contribution is -2.46. The Morgan fingerprint density at radius 2 is 2.04 bits per heavy atom. The molecule has 132 valence electrons. The highest BCUT2D eigenvalue weighted by molar-refractivity contribution is 5.75. The summed E-state index contributed by atoms with van der Waals surface area (Å²) in [6.45, 7) is 1.58. The molecule has 0 spiro atoms. The zero-order valence-corrected chi connectivity index (χ0v) is 13.6. The number of benzene rings is 1. The van der Waals surface area contributed by atoms with E-state index in [4.69, 9.17) is 14.2 Å². The fraction of sp³-hybridized carbons (Fsp3) is 0.588. The Morgan fingerprint density at radius 3 is 2.83 bits per heavy atom. The molecule has 0 bridgehead atoms. The van der Waals surface area contributed by atoms with Gasteiger partial charge in [0, 0.05) is 12.0 Å². The van der Waals surface area contributed by atoms with Gasteiger partial charge < -0.3 is 30.0 Å². The van der Waals surface area contributed by atoms with Crippen LogP contribution in [0.1, 0.15) is 30.9 Å². The van der Waals surface area contributed by atoms with Crippen LogP contribution < -0.4 is 15.4 Å². The van der Waals surface area contributed by atoms with Crippen LogP contribution in [0, 0.1) is 0 Å². The van der Waals surface area contributed by atoms with E-state index in [1.165, 1.54) is 0 Å². The molecule has 2 amide bonds. The molecule has 24 heavy (non-hydrogen) atoms.